The van der Waals surface area contributed by atoms with Gasteiger partial charge in [0.1, 0.15) is 5.82 Å². The Bertz CT molecular complexity index is 1270. The van der Waals surface area contributed by atoms with Crippen LogP contribution in [-0.2, 0) is 4.79 Å². The highest BCUT2D eigenvalue weighted by molar-refractivity contribution is 7.99. The number of thioether (sulfide) groups is 1. The molecule has 0 atom stereocenters. The number of nitrogens with one attached hydrogen (secondary N) is 1. The Labute approximate surface area is 195 Å². The lowest BCUT2D eigenvalue weighted by Crippen LogP contribution is -2.20. The number of nitrogens with zero attached hydrogens (tertiary/aromatic N) is 4. The molecule has 0 saturated heterocycles. The molecule has 0 aliphatic heterocycles. The predicted molar refractivity (Wildman–Crippen MR) is 129 cm³/mol. The van der Waals surface area contributed by atoms with Crippen LogP contribution in [0.25, 0.3) is 17.1 Å². The second-order valence-electron chi connectivity index (χ2n) is 7.48. The molecule has 0 aliphatic carbocycles. The van der Waals surface area contributed by atoms with E-state index >= 15 is 0 Å². The van der Waals surface area contributed by atoms with Crippen molar-refractivity contribution >= 4 is 23.9 Å². The molecule has 1 aromatic heterocycles. The lowest BCUT2D eigenvalue weighted by atomic mass is 10.1. The minimum absolute atomic E-state index is 0.110. The standard InChI is InChI=1S/C25H22FN5OS/c1-17-3-9-20(10-4-17)24-29-30-25(31(24)22-13-5-18(2)6-14-22)33-16-23(32)28-27-15-19-7-11-21(26)12-8-19/h3-15H,16H2,1-2H3,(H,28,32)/b27-15+. The van der Waals surface area contributed by atoms with E-state index in [1.807, 2.05) is 66.9 Å². The zero-order valence-corrected chi connectivity index (χ0v) is 19.0. The van der Waals surface area contributed by atoms with Crippen LogP contribution in [0.15, 0.2) is 83.1 Å². The van der Waals surface area contributed by atoms with Crippen molar-refractivity contribution in [2.75, 3.05) is 5.75 Å². The molecule has 0 spiro atoms. The van der Waals surface area contributed by atoms with Gasteiger partial charge in [0.25, 0.3) is 5.91 Å². The minimum Gasteiger partial charge on any atom is -0.272 e. The van der Waals surface area contributed by atoms with E-state index in [-0.39, 0.29) is 17.5 Å². The summed E-state index contributed by atoms with van der Waals surface area (Å²) >= 11 is 1.27. The molecular formula is C25H22FN5OS. The normalized spacial score (nSPS) is 11.1. The fourth-order valence-electron chi connectivity index (χ4n) is 3.07. The molecule has 0 bridgehead atoms. The third-order valence-electron chi connectivity index (χ3n) is 4.84. The summed E-state index contributed by atoms with van der Waals surface area (Å²) in [6, 6.07) is 22.0. The zero-order chi connectivity index (χ0) is 23.2. The lowest BCUT2D eigenvalue weighted by molar-refractivity contribution is -0.118. The van der Waals surface area contributed by atoms with Crippen molar-refractivity contribution in [3.05, 3.63) is 95.3 Å². The molecule has 1 heterocycles. The first-order valence-electron chi connectivity index (χ1n) is 10.3. The first kappa shape index (κ1) is 22.4. The van der Waals surface area contributed by atoms with Gasteiger partial charge in [-0.05, 0) is 43.7 Å². The first-order valence-corrected chi connectivity index (χ1v) is 11.3. The number of carbonyl (C=O) groups excluding carboxylic acids is 1. The van der Waals surface area contributed by atoms with Gasteiger partial charge in [-0.25, -0.2) is 9.82 Å². The van der Waals surface area contributed by atoms with Gasteiger partial charge in [0.2, 0.25) is 0 Å². The molecule has 0 fully saturated rings. The fraction of sp³-hybridized carbons (Fsp3) is 0.120. The number of halogens is 1. The maximum absolute atomic E-state index is 13.0. The van der Waals surface area contributed by atoms with Crippen LogP contribution in [0, 0.1) is 19.7 Å². The van der Waals surface area contributed by atoms with Crippen LogP contribution in [0.2, 0.25) is 0 Å². The number of aryl methyl sites for hydroxylation is 2. The summed E-state index contributed by atoms with van der Waals surface area (Å²) in [5.74, 6) is 0.207. The van der Waals surface area contributed by atoms with Gasteiger partial charge in [0, 0.05) is 11.3 Å². The van der Waals surface area contributed by atoms with E-state index < -0.39 is 0 Å². The van der Waals surface area contributed by atoms with Crippen LogP contribution in [0.3, 0.4) is 0 Å². The highest BCUT2D eigenvalue weighted by Crippen LogP contribution is 2.28. The highest BCUT2D eigenvalue weighted by atomic mass is 32.2. The van der Waals surface area contributed by atoms with Gasteiger partial charge in [0.15, 0.2) is 11.0 Å². The fourth-order valence-corrected chi connectivity index (χ4v) is 3.81. The second kappa shape index (κ2) is 10.2. The summed E-state index contributed by atoms with van der Waals surface area (Å²) in [6.45, 7) is 4.07. The van der Waals surface area contributed by atoms with Gasteiger partial charge in [-0.3, -0.25) is 9.36 Å². The molecule has 0 aliphatic rings. The number of hydrazone groups is 1. The smallest absolute Gasteiger partial charge is 0.250 e. The summed E-state index contributed by atoms with van der Waals surface area (Å²) < 4.78 is 14.9. The average Bonchev–Trinajstić information content (AvgIpc) is 3.24. The Hall–Kier alpha value is -3.78. The lowest BCUT2D eigenvalue weighted by Gasteiger charge is -2.11. The number of rotatable bonds is 7. The molecule has 33 heavy (non-hydrogen) atoms. The summed E-state index contributed by atoms with van der Waals surface area (Å²) in [5, 5.41) is 13.3. The van der Waals surface area contributed by atoms with Crippen molar-refractivity contribution in [2.45, 2.75) is 19.0 Å². The first-order chi connectivity index (χ1) is 16.0. The summed E-state index contributed by atoms with van der Waals surface area (Å²) in [5.41, 5.74) is 7.34. The second-order valence-corrected chi connectivity index (χ2v) is 8.42. The molecule has 1 amide bonds. The number of amides is 1. The zero-order valence-electron chi connectivity index (χ0n) is 18.2. The highest BCUT2D eigenvalue weighted by Gasteiger charge is 2.17. The van der Waals surface area contributed by atoms with Gasteiger partial charge >= 0.3 is 0 Å². The average molecular weight is 460 g/mol. The number of benzene rings is 3. The molecule has 6 nitrogen and oxygen atoms in total. The third kappa shape index (κ3) is 5.72. The minimum atomic E-state index is -0.324. The molecule has 0 saturated carbocycles. The van der Waals surface area contributed by atoms with Crippen LogP contribution in [0.1, 0.15) is 16.7 Å². The summed E-state index contributed by atoms with van der Waals surface area (Å²) in [4.78, 5) is 12.3. The largest absolute Gasteiger partial charge is 0.272 e. The maximum atomic E-state index is 13.0. The molecule has 4 aromatic rings. The van der Waals surface area contributed by atoms with E-state index in [1.165, 1.54) is 30.1 Å². The molecule has 4 rings (SSSR count). The van der Waals surface area contributed by atoms with E-state index in [9.17, 15) is 9.18 Å². The molecule has 0 radical (unpaired) electrons. The van der Waals surface area contributed by atoms with Gasteiger partial charge in [-0.15, -0.1) is 10.2 Å². The van der Waals surface area contributed by atoms with E-state index in [4.69, 9.17) is 0 Å². The quantitative estimate of drug-likeness (QED) is 0.242. The summed E-state index contributed by atoms with van der Waals surface area (Å²) in [7, 11) is 0. The molecule has 8 heteroatoms. The van der Waals surface area contributed by atoms with Gasteiger partial charge in [-0.1, -0.05) is 71.4 Å². The topological polar surface area (TPSA) is 72.2 Å². The Morgan fingerprint density at radius 2 is 1.61 bits per heavy atom. The molecule has 0 unspecified atom stereocenters. The van der Waals surface area contributed by atoms with E-state index in [1.54, 1.807) is 12.1 Å². The van der Waals surface area contributed by atoms with Crippen molar-refractivity contribution in [1.82, 2.24) is 20.2 Å². The van der Waals surface area contributed by atoms with Gasteiger partial charge in [0.05, 0.1) is 12.0 Å². The van der Waals surface area contributed by atoms with Crippen molar-refractivity contribution < 1.29 is 9.18 Å². The molecule has 1 N–H and O–H groups in total. The third-order valence-corrected chi connectivity index (χ3v) is 5.77. The van der Waals surface area contributed by atoms with Crippen molar-refractivity contribution in [2.24, 2.45) is 5.10 Å². The van der Waals surface area contributed by atoms with E-state index in [0.717, 1.165) is 22.4 Å². The van der Waals surface area contributed by atoms with Crippen LogP contribution in [-0.4, -0.2) is 32.6 Å². The molecule has 3 aromatic carbocycles. The summed E-state index contributed by atoms with van der Waals surface area (Å²) in [6.07, 6.45) is 1.46. The van der Waals surface area contributed by atoms with Crippen LogP contribution in [0.4, 0.5) is 4.39 Å². The number of aromatic nitrogens is 3. The number of hydrogen-bond acceptors (Lipinski definition) is 5. The van der Waals surface area contributed by atoms with E-state index in [0.29, 0.717) is 16.5 Å². The van der Waals surface area contributed by atoms with Crippen LogP contribution >= 0.6 is 11.8 Å². The van der Waals surface area contributed by atoms with E-state index in [2.05, 4.69) is 20.7 Å². The monoisotopic (exact) mass is 459 g/mol. The Morgan fingerprint density at radius 1 is 0.970 bits per heavy atom. The van der Waals surface area contributed by atoms with Crippen molar-refractivity contribution in [3.8, 4) is 17.1 Å². The van der Waals surface area contributed by atoms with Crippen LogP contribution in [0.5, 0.6) is 0 Å². The Kier molecular flexibility index (Phi) is 6.95. The van der Waals surface area contributed by atoms with Crippen molar-refractivity contribution in [3.63, 3.8) is 0 Å². The number of hydrogen-bond donors (Lipinski definition) is 1. The van der Waals surface area contributed by atoms with Crippen molar-refractivity contribution in [1.29, 1.82) is 0 Å². The van der Waals surface area contributed by atoms with Crippen LogP contribution < -0.4 is 5.43 Å². The Morgan fingerprint density at radius 3 is 2.27 bits per heavy atom. The molecule has 166 valence electrons. The van der Waals surface area contributed by atoms with Gasteiger partial charge < -0.3 is 0 Å². The Balaban J connectivity index is 1.51. The number of carbonyl (C=O) groups is 1. The maximum Gasteiger partial charge on any atom is 0.250 e. The molecular weight excluding hydrogens is 437 g/mol. The predicted octanol–water partition coefficient (Wildman–Crippen LogP) is 4.93. The SMILES string of the molecule is Cc1ccc(-c2nnc(SCC(=O)N/N=C/c3ccc(F)cc3)n2-c2ccc(C)cc2)cc1. The van der Waals surface area contributed by atoms with Gasteiger partial charge in [-0.2, -0.15) is 5.10 Å².